The number of nitrogen functional groups attached to an aromatic ring is 1. The molecule has 0 spiro atoms. The van der Waals surface area contributed by atoms with Crippen molar-refractivity contribution in [2.75, 3.05) is 5.73 Å². The van der Waals surface area contributed by atoms with Gasteiger partial charge in [0.25, 0.3) is 5.56 Å². The van der Waals surface area contributed by atoms with Crippen LogP contribution in [0.25, 0.3) is 0 Å². The van der Waals surface area contributed by atoms with Crippen LogP contribution in [0.15, 0.2) is 4.79 Å². The summed E-state index contributed by atoms with van der Waals surface area (Å²) in [7, 11) is 2.02. The molecule has 0 atom stereocenters. The second kappa shape index (κ2) is 4.48. The van der Waals surface area contributed by atoms with E-state index in [1.165, 1.54) is 38.5 Å². The molecular weight excluding hydrogens is 226 g/mol. The van der Waals surface area contributed by atoms with Crippen molar-refractivity contribution in [3.63, 3.8) is 0 Å². The van der Waals surface area contributed by atoms with Gasteiger partial charge >= 0.3 is 0 Å². The molecular formula is C14H23N3O. The van der Waals surface area contributed by atoms with Gasteiger partial charge in [0.1, 0.15) is 5.69 Å². The first-order valence-electron chi connectivity index (χ1n) is 7.27. The van der Waals surface area contributed by atoms with Gasteiger partial charge in [-0.2, -0.15) is 0 Å². The lowest BCUT2D eigenvalue weighted by Gasteiger charge is -2.18. The quantitative estimate of drug-likeness (QED) is 0.875. The van der Waals surface area contributed by atoms with Crippen LogP contribution < -0.4 is 11.3 Å². The lowest BCUT2D eigenvalue weighted by molar-refractivity contribution is 0.381. The summed E-state index contributed by atoms with van der Waals surface area (Å²) in [6.45, 7) is 0. The van der Waals surface area contributed by atoms with E-state index in [2.05, 4.69) is 4.68 Å². The van der Waals surface area contributed by atoms with Crippen LogP contribution in [0.4, 0.5) is 5.69 Å². The first kappa shape index (κ1) is 11.9. The summed E-state index contributed by atoms with van der Waals surface area (Å²) in [5, 5.41) is 0. The number of nitrogens with two attached hydrogens (primary N) is 1. The highest BCUT2D eigenvalue weighted by molar-refractivity contribution is 5.44. The van der Waals surface area contributed by atoms with Gasteiger partial charge in [-0.05, 0) is 25.7 Å². The number of hydrogen-bond donors (Lipinski definition) is 1. The molecule has 2 fully saturated rings. The Morgan fingerprint density at radius 1 is 1.06 bits per heavy atom. The molecule has 0 unspecified atom stereocenters. The van der Waals surface area contributed by atoms with Crippen molar-refractivity contribution in [2.45, 2.75) is 63.3 Å². The zero-order valence-electron chi connectivity index (χ0n) is 11.2. The molecule has 2 aliphatic carbocycles. The zero-order valence-corrected chi connectivity index (χ0v) is 11.2. The number of aromatic nitrogens is 2. The van der Waals surface area contributed by atoms with Gasteiger partial charge < -0.3 is 5.73 Å². The third kappa shape index (κ3) is 1.70. The average Bonchev–Trinajstić information content (AvgIpc) is 3.03. The summed E-state index contributed by atoms with van der Waals surface area (Å²) < 4.78 is 4.00. The summed E-state index contributed by atoms with van der Waals surface area (Å²) in [6, 6.07) is 0.375. The summed E-state index contributed by atoms with van der Waals surface area (Å²) >= 11 is 0. The van der Waals surface area contributed by atoms with Crippen LogP contribution in [-0.4, -0.2) is 9.36 Å². The fraction of sp³-hybridized carbons (Fsp3) is 0.786. The van der Waals surface area contributed by atoms with Crippen molar-refractivity contribution < 1.29 is 0 Å². The van der Waals surface area contributed by atoms with E-state index in [0.29, 0.717) is 17.6 Å². The molecule has 0 bridgehead atoms. The van der Waals surface area contributed by atoms with Crippen molar-refractivity contribution in [2.24, 2.45) is 7.05 Å². The summed E-state index contributed by atoms with van der Waals surface area (Å²) in [4.78, 5) is 12.4. The molecule has 0 aromatic carbocycles. The van der Waals surface area contributed by atoms with E-state index in [-0.39, 0.29) is 5.56 Å². The summed E-state index contributed by atoms with van der Waals surface area (Å²) in [5.74, 6) is 0.505. The first-order chi connectivity index (χ1) is 8.70. The Balaban J connectivity index is 2.04. The first-order valence-corrected chi connectivity index (χ1v) is 7.27. The minimum atomic E-state index is 0.0475. The van der Waals surface area contributed by atoms with Crippen LogP contribution in [0.1, 0.15) is 69.0 Å². The number of rotatable bonds is 2. The number of anilines is 1. The molecule has 0 radical (unpaired) electrons. The largest absolute Gasteiger partial charge is 0.393 e. The third-order valence-corrected chi connectivity index (χ3v) is 4.80. The highest BCUT2D eigenvalue weighted by Crippen LogP contribution is 2.37. The molecule has 0 saturated heterocycles. The molecule has 0 amide bonds. The van der Waals surface area contributed by atoms with E-state index in [0.717, 1.165) is 18.5 Å². The Morgan fingerprint density at radius 2 is 1.61 bits per heavy atom. The second-order valence-corrected chi connectivity index (χ2v) is 5.89. The van der Waals surface area contributed by atoms with E-state index >= 15 is 0 Å². The summed E-state index contributed by atoms with van der Waals surface area (Å²) in [5.41, 5.74) is 7.76. The summed E-state index contributed by atoms with van der Waals surface area (Å²) in [6.07, 6.45) is 9.64. The van der Waals surface area contributed by atoms with Gasteiger partial charge in [0.15, 0.2) is 0 Å². The van der Waals surface area contributed by atoms with Crippen LogP contribution >= 0.6 is 0 Å². The van der Waals surface area contributed by atoms with Gasteiger partial charge in [0.05, 0.1) is 11.7 Å². The van der Waals surface area contributed by atoms with Gasteiger partial charge in [-0.1, -0.05) is 25.7 Å². The molecule has 4 nitrogen and oxygen atoms in total. The third-order valence-electron chi connectivity index (χ3n) is 4.80. The molecule has 1 aromatic heterocycles. The maximum Gasteiger partial charge on any atom is 0.290 e. The SMILES string of the molecule is Cn1c(C2CCCC2)c(N)c(=O)n1C1CCCC1. The lowest BCUT2D eigenvalue weighted by atomic mass is 10.0. The van der Waals surface area contributed by atoms with Crippen LogP contribution in [0.2, 0.25) is 0 Å². The molecule has 1 heterocycles. The van der Waals surface area contributed by atoms with E-state index in [1.54, 1.807) is 0 Å². The van der Waals surface area contributed by atoms with E-state index in [4.69, 9.17) is 5.73 Å². The van der Waals surface area contributed by atoms with Crippen molar-refractivity contribution in [1.82, 2.24) is 9.36 Å². The van der Waals surface area contributed by atoms with Gasteiger partial charge in [-0.25, -0.2) is 4.68 Å². The Hall–Kier alpha value is -1.19. The zero-order chi connectivity index (χ0) is 12.7. The van der Waals surface area contributed by atoms with Crippen LogP contribution in [0.3, 0.4) is 0 Å². The molecule has 4 heteroatoms. The normalized spacial score (nSPS) is 22.1. The molecule has 18 heavy (non-hydrogen) atoms. The topological polar surface area (TPSA) is 52.9 Å². The van der Waals surface area contributed by atoms with Gasteiger partial charge in [0, 0.05) is 13.0 Å². The van der Waals surface area contributed by atoms with Crippen LogP contribution in [0.5, 0.6) is 0 Å². The molecule has 2 saturated carbocycles. The van der Waals surface area contributed by atoms with Crippen molar-refractivity contribution in [3.05, 3.63) is 16.0 Å². The number of nitrogens with zero attached hydrogens (tertiary/aromatic N) is 2. The second-order valence-electron chi connectivity index (χ2n) is 5.89. The predicted molar refractivity (Wildman–Crippen MR) is 72.8 cm³/mol. The maximum absolute atomic E-state index is 12.4. The molecule has 2 aliphatic rings. The van der Waals surface area contributed by atoms with Crippen LogP contribution in [-0.2, 0) is 7.05 Å². The van der Waals surface area contributed by atoms with Crippen LogP contribution in [0, 0.1) is 0 Å². The average molecular weight is 249 g/mol. The Kier molecular flexibility index (Phi) is 2.96. The number of hydrogen-bond acceptors (Lipinski definition) is 2. The minimum Gasteiger partial charge on any atom is -0.393 e. The van der Waals surface area contributed by atoms with Crippen molar-refractivity contribution in [1.29, 1.82) is 0 Å². The minimum absolute atomic E-state index is 0.0475. The molecule has 3 rings (SSSR count). The van der Waals surface area contributed by atoms with Gasteiger partial charge in [-0.15, -0.1) is 0 Å². The highest BCUT2D eigenvalue weighted by Gasteiger charge is 2.29. The highest BCUT2D eigenvalue weighted by atomic mass is 16.1. The van der Waals surface area contributed by atoms with Gasteiger partial charge in [-0.3, -0.25) is 9.48 Å². The van der Waals surface area contributed by atoms with E-state index < -0.39 is 0 Å². The molecule has 2 N–H and O–H groups in total. The van der Waals surface area contributed by atoms with E-state index in [9.17, 15) is 4.79 Å². The Morgan fingerprint density at radius 3 is 2.22 bits per heavy atom. The van der Waals surface area contributed by atoms with Gasteiger partial charge in [0.2, 0.25) is 0 Å². The fourth-order valence-electron chi connectivity index (χ4n) is 3.90. The van der Waals surface area contributed by atoms with Crippen molar-refractivity contribution >= 4 is 5.69 Å². The standard InChI is InChI=1S/C14H23N3O/c1-16-13(10-6-2-3-7-10)12(15)14(18)17(16)11-8-4-5-9-11/h10-11H,2-9,15H2,1H3. The fourth-order valence-corrected chi connectivity index (χ4v) is 3.90. The monoisotopic (exact) mass is 249 g/mol. The molecule has 100 valence electrons. The van der Waals surface area contributed by atoms with Crippen molar-refractivity contribution in [3.8, 4) is 0 Å². The van der Waals surface area contributed by atoms with E-state index in [1.807, 2.05) is 11.7 Å². The molecule has 1 aromatic rings. The Bertz CT molecular complexity index is 488. The predicted octanol–water partition coefficient (Wildman–Crippen LogP) is 2.54. The lowest BCUT2D eigenvalue weighted by Crippen LogP contribution is -2.26. The maximum atomic E-state index is 12.4. The smallest absolute Gasteiger partial charge is 0.290 e. The molecule has 0 aliphatic heterocycles. The Labute approximate surface area is 108 Å².